The van der Waals surface area contributed by atoms with Crippen molar-refractivity contribution < 1.29 is 17.9 Å². The SMILES string of the molecule is CC(C)(C)OC(=O)CC12CCC(c3ccc(S(C)(=O)=O)cc3)(CC1)CC2. The van der Waals surface area contributed by atoms with Crippen molar-refractivity contribution in [2.24, 2.45) is 5.41 Å². The molecule has 0 spiro atoms. The molecule has 4 rings (SSSR count). The van der Waals surface area contributed by atoms with Crippen molar-refractivity contribution in [2.75, 3.05) is 6.26 Å². The molecule has 0 unspecified atom stereocenters. The quantitative estimate of drug-likeness (QED) is 0.728. The van der Waals surface area contributed by atoms with Gasteiger partial charge in [-0.2, -0.15) is 0 Å². The van der Waals surface area contributed by atoms with Crippen LogP contribution in [-0.4, -0.2) is 26.2 Å². The minimum Gasteiger partial charge on any atom is -0.460 e. The van der Waals surface area contributed by atoms with Crippen LogP contribution in [0.3, 0.4) is 0 Å². The van der Waals surface area contributed by atoms with Crippen molar-refractivity contribution in [1.82, 2.24) is 0 Å². The van der Waals surface area contributed by atoms with Gasteiger partial charge in [0.15, 0.2) is 9.84 Å². The fourth-order valence-electron chi connectivity index (χ4n) is 4.70. The average Bonchev–Trinajstić information content (AvgIpc) is 2.54. The van der Waals surface area contributed by atoms with Crippen molar-refractivity contribution in [2.45, 2.75) is 81.6 Å². The smallest absolute Gasteiger partial charge is 0.306 e. The van der Waals surface area contributed by atoms with Crippen LogP contribution in [-0.2, 0) is 24.8 Å². The molecule has 0 aromatic heterocycles. The van der Waals surface area contributed by atoms with E-state index in [1.807, 2.05) is 32.9 Å². The maximum absolute atomic E-state index is 12.3. The molecule has 3 aliphatic rings. The number of carbonyl (C=O) groups is 1. The molecule has 0 amide bonds. The molecule has 0 heterocycles. The highest BCUT2D eigenvalue weighted by Gasteiger charge is 2.50. The Morgan fingerprint density at radius 3 is 1.92 bits per heavy atom. The minimum absolute atomic E-state index is 0.0793. The Morgan fingerprint density at radius 1 is 1.00 bits per heavy atom. The van der Waals surface area contributed by atoms with Gasteiger partial charge in [-0.3, -0.25) is 4.79 Å². The lowest BCUT2D eigenvalue weighted by molar-refractivity contribution is -0.160. The number of hydrogen-bond acceptors (Lipinski definition) is 4. The maximum Gasteiger partial charge on any atom is 0.306 e. The first kappa shape index (κ1) is 19.4. The summed E-state index contributed by atoms with van der Waals surface area (Å²) in [5.41, 5.74) is 1.06. The van der Waals surface area contributed by atoms with Crippen LogP contribution in [0, 0.1) is 5.41 Å². The topological polar surface area (TPSA) is 60.4 Å². The molecular weight excluding hydrogens is 348 g/mol. The van der Waals surface area contributed by atoms with Gasteiger partial charge in [-0.25, -0.2) is 8.42 Å². The Kier molecular flexibility index (Phi) is 4.75. The average molecular weight is 379 g/mol. The third-order valence-corrected chi connectivity index (χ3v) is 7.36. The third-order valence-electron chi connectivity index (χ3n) is 6.24. The van der Waals surface area contributed by atoms with E-state index in [4.69, 9.17) is 4.74 Å². The minimum atomic E-state index is -3.16. The largest absolute Gasteiger partial charge is 0.460 e. The van der Waals surface area contributed by atoms with Gasteiger partial charge in [0.25, 0.3) is 0 Å². The fraction of sp³-hybridized carbons (Fsp3) is 0.667. The number of sulfone groups is 1. The molecule has 0 aliphatic heterocycles. The molecular formula is C21H30O4S. The van der Waals surface area contributed by atoms with Crippen LogP contribution in [0.1, 0.15) is 71.3 Å². The van der Waals surface area contributed by atoms with Crippen LogP contribution >= 0.6 is 0 Å². The van der Waals surface area contributed by atoms with E-state index in [2.05, 4.69) is 0 Å². The van der Waals surface area contributed by atoms with Gasteiger partial charge >= 0.3 is 5.97 Å². The molecule has 0 N–H and O–H groups in total. The summed E-state index contributed by atoms with van der Waals surface area (Å²) < 4.78 is 28.9. The Morgan fingerprint density at radius 2 is 1.50 bits per heavy atom. The van der Waals surface area contributed by atoms with Crippen LogP contribution < -0.4 is 0 Å². The van der Waals surface area contributed by atoms with Gasteiger partial charge in [0.1, 0.15) is 5.60 Å². The molecule has 144 valence electrons. The van der Waals surface area contributed by atoms with E-state index in [0.717, 1.165) is 38.5 Å². The van der Waals surface area contributed by atoms with Gasteiger partial charge in [-0.15, -0.1) is 0 Å². The number of benzene rings is 1. The number of ether oxygens (including phenoxy) is 1. The highest BCUT2D eigenvalue weighted by Crippen LogP contribution is 2.59. The number of fused-ring (bicyclic) bond motifs is 3. The van der Waals surface area contributed by atoms with E-state index in [-0.39, 0.29) is 16.8 Å². The first-order valence-corrected chi connectivity index (χ1v) is 11.3. The summed E-state index contributed by atoms with van der Waals surface area (Å²) >= 11 is 0. The van der Waals surface area contributed by atoms with Crippen molar-refractivity contribution in [1.29, 1.82) is 0 Å². The van der Waals surface area contributed by atoms with Crippen molar-refractivity contribution in [3.8, 4) is 0 Å². The lowest BCUT2D eigenvalue weighted by Gasteiger charge is -2.53. The van der Waals surface area contributed by atoms with E-state index < -0.39 is 15.4 Å². The van der Waals surface area contributed by atoms with Gasteiger partial charge in [-0.05, 0) is 87.8 Å². The van der Waals surface area contributed by atoms with E-state index in [1.165, 1.54) is 11.8 Å². The molecule has 0 saturated heterocycles. The second-order valence-corrected chi connectivity index (χ2v) is 11.4. The molecule has 1 aromatic carbocycles. The van der Waals surface area contributed by atoms with E-state index in [9.17, 15) is 13.2 Å². The van der Waals surface area contributed by atoms with Crippen LogP contribution in [0.4, 0.5) is 0 Å². The number of carbonyl (C=O) groups excluding carboxylic acids is 1. The zero-order valence-corrected chi connectivity index (χ0v) is 17.1. The Labute approximate surface area is 157 Å². The van der Waals surface area contributed by atoms with E-state index >= 15 is 0 Å². The lowest BCUT2D eigenvalue weighted by atomic mass is 9.51. The third kappa shape index (κ3) is 3.98. The predicted molar refractivity (Wildman–Crippen MR) is 102 cm³/mol. The fourth-order valence-corrected chi connectivity index (χ4v) is 5.33. The highest BCUT2D eigenvalue weighted by molar-refractivity contribution is 7.90. The van der Waals surface area contributed by atoms with Crippen LogP contribution in [0.25, 0.3) is 0 Å². The molecule has 5 heteroatoms. The molecule has 3 fully saturated rings. The highest BCUT2D eigenvalue weighted by atomic mass is 32.2. The zero-order valence-electron chi connectivity index (χ0n) is 16.3. The van der Waals surface area contributed by atoms with Crippen molar-refractivity contribution in [3.05, 3.63) is 29.8 Å². The molecule has 2 bridgehead atoms. The summed E-state index contributed by atoms with van der Waals surface area (Å²) in [6.07, 6.45) is 8.08. The molecule has 4 nitrogen and oxygen atoms in total. The lowest BCUT2D eigenvalue weighted by Crippen LogP contribution is -2.45. The Hall–Kier alpha value is -1.36. The monoisotopic (exact) mass is 378 g/mol. The summed E-state index contributed by atoms with van der Waals surface area (Å²) in [5.74, 6) is -0.0793. The van der Waals surface area contributed by atoms with Crippen LogP contribution in [0.5, 0.6) is 0 Å². The van der Waals surface area contributed by atoms with Crippen molar-refractivity contribution in [3.63, 3.8) is 0 Å². The summed E-state index contributed by atoms with van der Waals surface area (Å²) in [6.45, 7) is 5.74. The maximum atomic E-state index is 12.3. The van der Waals surface area contributed by atoms with E-state index in [1.54, 1.807) is 12.1 Å². The first-order chi connectivity index (χ1) is 11.9. The first-order valence-electron chi connectivity index (χ1n) is 9.46. The van der Waals surface area contributed by atoms with Crippen LogP contribution in [0.2, 0.25) is 0 Å². The number of rotatable bonds is 4. The van der Waals surface area contributed by atoms with Gasteiger partial charge in [0.2, 0.25) is 0 Å². The van der Waals surface area contributed by atoms with Gasteiger partial charge < -0.3 is 4.74 Å². The normalized spacial score (nSPS) is 28.8. The number of hydrogen-bond donors (Lipinski definition) is 0. The second-order valence-electron chi connectivity index (χ2n) is 9.34. The van der Waals surface area contributed by atoms with Gasteiger partial charge in [0.05, 0.1) is 11.3 Å². The molecule has 3 saturated carbocycles. The Bertz CT molecular complexity index is 760. The van der Waals surface area contributed by atoms with Crippen LogP contribution in [0.15, 0.2) is 29.2 Å². The standard InChI is InChI=1S/C21H30O4S/c1-19(2,3)25-18(22)15-20-9-12-21(13-10-20,14-11-20)16-5-7-17(8-6-16)26(4,23)24/h5-8H,9-15H2,1-4H3. The summed E-state index contributed by atoms with van der Waals surface area (Å²) in [7, 11) is -3.16. The van der Waals surface area contributed by atoms with Gasteiger partial charge in [-0.1, -0.05) is 12.1 Å². The second kappa shape index (κ2) is 6.36. The molecule has 1 aromatic rings. The number of esters is 1. The summed E-state index contributed by atoms with van der Waals surface area (Å²) in [6, 6.07) is 7.44. The molecule has 3 aliphatic carbocycles. The van der Waals surface area contributed by atoms with Gasteiger partial charge in [0, 0.05) is 6.26 Å². The summed E-state index contributed by atoms with van der Waals surface area (Å²) in [4.78, 5) is 12.7. The molecule has 26 heavy (non-hydrogen) atoms. The Balaban J connectivity index is 1.70. The molecule has 0 atom stereocenters. The predicted octanol–water partition coefficient (Wildman–Crippen LogP) is 4.41. The van der Waals surface area contributed by atoms with E-state index in [0.29, 0.717) is 11.3 Å². The van der Waals surface area contributed by atoms with Crippen molar-refractivity contribution >= 4 is 15.8 Å². The molecule has 0 radical (unpaired) electrons. The summed E-state index contributed by atoms with van der Waals surface area (Å²) in [5, 5.41) is 0. The zero-order chi connectivity index (χ0) is 19.2.